The van der Waals surface area contributed by atoms with Crippen LogP contribution in [0.2, 0.25) is 0 Å². The Balaban J connectivity index is 1.69. The van der Waals surface area contributed by atoms with Gasteiger partial charge in [-0.3, -0.25) is 9.59 Å². The van der Waals surface area contributed by atoms with Crippen molar-refractivity contribution < 1.29 is 14.3 Å². The fourth-order valence-corrected chi connectivity index (χ4v) is 7.23. The lowest BCUT2D eigenvalue weighted by atomic mass is 9.49. The maximum absolute atomic E-state index is 12.3. The summed E-state index contributed by atoms with van der Waals surface area (Å²) in [5.74, 6) is 1.63. The Labute approximate surface area is 154 Å². The van der Waals surface area contributed by atoms with E-state index in [1.54, 1.807) is 0 Å². The molecule has 138 valence electrons. The van der Waals surface area contributed by atoms with Gasteiger partial charge in [-0.1, -0.05) is 25.4 Å². The molecule has 6 atom stereocenters. The highest BCUT2D eigenvalue weighted by molar-refractivity contribution is 6.30. The first-order valence-corrected chi connectivity index (χ1v) is 9.96. The van der Waals surface area contributed by atoms with E-state index in [4.69, 9.17) is 16.3 Å². The summed E-state index contributed by atoms with van der Waals surface area (Å²) in [6.07, 6.45) is 6.48. The second kappa shape index (κ2) is 5.73. The van der Waals surface area contributed by atoms with Crippen LogP contribution in [-0.4, -0.2) is 19.0 Å². The third kappa shape index (κ3) is 2.32. The van der Waals surface area contributed by atoms with Crippen LogP contribution in [-0.2, 0) is 14.3 Å². The molecule has 4 aliphatic rings. The molecule has 1 saturated heterocycles. The minimum absolute atomic E-state index is 0.0199. The molecule has 0 aromatic heterocycles. The number of hydrogen-bond acceptors (Lipinski definition) is 3. The smallest absolute Gasteiger partial charge is 0.309 e. The number of nitrogens with one attached hydrogen (secondary N) is 1. The number of amides is 1. The summed E-state index contributed by atoms with van der Waals surface area (Å²) in [6.45, 7) is 4.58. The van der Waals surface area contributed by atoms with Crippen LogP contribution in [0.5, 0.6) is 0 Å². The zero-order valence-corrected chi connectivity index (χ0v) is 16.1. The highest BCUT2D eigenvalue weighted by atomic mass is 35.5. The summed E-state index contributed by atoms with van der Waals surface area (Å²) in [5.41, 5.74) is 0.980. The zero-order chi connectivity index (χ0) is 18.0. The van der Waals surface area contributed by atoms with Crippen molar-refractivity contribution in [3.63, 3.8) is 0 Å². The lowest BCUT2D eigenvalue weighted by Crippen LogP contribution is -2.54. The van der Waals surface area contributed by atoms with E-state index in [0.717, 1.165) is 49.3 Å². The summed E-state index contributed by atoms with van der Waals surface area (Å²) in [4.78, 5) is 24.2. The van der Waals surface area contributed by atoms with E-state index in [1.165, 1.54) is 7.11 Å². The largest absolute Gasteiger partial charge is 0.469 e. The molecule has 3 aliphatic carbocycles. The second-order valence-electron chi connectivity index (χ2n) is 9.02. The highest BCUT2D eigenvalue weighted by Crippen LogP contribution is 2.66. The van der Waals surface area contributed by atoms with Crippen molar-refractivity contribution in [1.29, 1.82) is 0 Å². The van der Waals surface area contributed by atoms with Gasteiger partial charge in [0, 0.05) is 22.6 Å². The Hall–Kier alpha value is -1.03. The molecule has 5 heteroatoms. The van der Waals surface area contributed by atoms with Gasteiger partial charge in [-0.2, -0.15) is 0 Å². The Morgan fingerprint density at radius 1 is 1.20 bits per heavy atom. The molecule has 0 aromatic carbocycles. The lowest BCUT2D eigenvalue weighted by Gasteiger charge is -2.57. The van der Waals surface area contributed by atoms with Gasteiger partial charge >= 0.3 is 5.97 Å². The first-order valence-electron chi connectivity index (χ1n) is 9.58. The molecule has 1 amide bonds. The summed E-state index contributed by atoms with van der Waals surface area (Å²) in [7, 11) is 1.50. The monoisotopic (exact) mass is 365 g/mol. The molecular weight excluding hydrogens is 338 g/mol. The van der Waals surface area contributed by atoms with Gasteiger partial charge in [0.25, 0.3) is 0 Å². The number of rotatable bonds is 1. The minimum Gasteiger partial charge on any atom is -0.469 e. The number of ether oxygens (including phenoxy) is 1. The molecule has 3 fully saturated rings. The van der Waals surface area contributed by atoms with E-state index >= 15 is 0 Å². The molecule has 3 unspecified atom stereocenters. The predicted octanol–water partition coefficient (Wildman–Crippen LogP) is 3.99. The average Bonchev–Trinajstić information content (AvgIpc) is 2.93. The number of carbonyl (C=O) groups excluding carboxylic acids is 2. The molecule has 0 radical (unpaired) electrons. The van der Waals surface area contributed by atoms with Gasteiger partial charge in [0.05, 0.1) is 13.0 Å². The van der Waals surface area contributed by atoms with Gasteiger partial charge in [-0.15, -0.1) is 0 Å². The fourth-order valence-electron chi connectivity index (χ4n) is 6.79. The number of piperidine rings is 1. The van der Waals surface area contributed by atoms with Crippen LogP contribution in [0.1, 0.15) is 58.8 Å². The third-order valence-corrected chi connectivity index (χ3v) is 8.48. The fraction of sp³-hybridized carbons (Fsp3) is 0.800. The van der Waals surface area contributed by atoms with E-state index in [9.17, 15) is 9.59 Å². The average molecular weight is 366 g/mol. The van der Waals surface area contributed by atoms with Crippen molar-refractivity contribution in [1.82, 2.24) is 5.32 Å². The van der Waals surface area contributed by atoms with Crippen molar-refractivity contribution >= 4 is 23.5 Å². The van der Waals surface area contributed by atoms with Crippen molar-refractivity contribution in [2.24, 2.45) is 34.5 Å². The maximum atomic E-state index is 12.3. The SMILES string of the molecule is COC(=O)[C@H]1CCC2C3CC(Cl)=C4NC(=O)CC[C@]4(C)C3CC[C@@]21C. The van der Waals surface area contributed by atoms with Crippen molar-refractivity contribution in [3.05, 3.63) is 10.7 Å². The first kappa shape index (κ1) is 17.4. The van der Waals surface area contributed by atoms with Crippen molar-refractivity contribution in [3.8, 4) is 0 Å². The lowest BCUT2D eigenvalue weighted by molar-refractivity contribution is -0.152. The van der Waals surface area contributed by atoms with Gasteiger partial charge in [0.2, 0.25) is 5.91 Å². The molecule has 25 heavy (non-hydrogen) atoms. The topological polar surface area (TPSA) is 55.4 Å². The number of allylic oxidation sites excluding steroid dienone is 2. The molecule has 1 N–H and O–H groups in total. The van der Waals surface area contributed by atoms with Crippen LogP contribution in [0.3, 0.4) is 0 Å². The molecule has 0 aromatic rings. The summed E-state index contributed by atoms with van der Waals surface area (Å²) < 4.78 is 5.10. The molecule has 1 aliphatic heterocycles. The molecule has 4 rings (SSSR count). The minimum atomic E-state index is -0.0438. The molecule has 0 bridgehead atoms. The number of fused-ring (bicyclic) bond motifs is 5. The van der Waals surface area contributed by atoms with Crippen LogP contribution >= 0.6 is 11.6 Å². The van der Waals surface area contributed by atoms with E-state index in [0.29, 0.717) is 24.2 Å². The van der Waals surface area contributed by atoms with Crippen LogP contribution in [0.25, 0.3) is 0 Å². The van der Waals surface area contributed by atoms with E-state index in [1.807, 2.05) is 0 Å². The number of carbonyl (C=O) groups is 2. The second-order valence-corrected chi connectivity index (χ2v) is 9.48. The van der Waals surface area contributed by atoms with E-state index in [2.05, 4.69) is 19.2 Å². The Morgan fingerprint density at radius 2 is 1.96 bits per heavy atom. The van der Waals surface area contributed by atoms with E-state index < -0.39 is 0 Å². The van der Waals surface area contributed by atoms with Crippen LogP contribution < -0.4 is 5.32 Å². The summed E-state index contributed by atoms with van der Waals surface area (Å²) in [6, 6.07) is 0. The van der Waals surface area contributed by atoms with Crippen LogP contribution in [0, 0.1) is 34.5 Å². The standard InChI is InChI=1S/C20H28ClNO3/c1-19-8-6-13-11(12(19)4-5-14(19)18(24)25-3)10-15(21)17-20(13,2)9-7-16(23)22-17/h11-14H,4-10H2,1-3H3,(H,22,23)/t11?,12?,13?,14-,19+,20-/m1/s1. The highest BCUT2D eigenvalue weighted by Gasteiger charge is 2.61. The van der Waals surface area contributed by atoms with E-state index in [-0.39, 0.29) is 28.6 Å². The van der Waals surface area contributed by atoms with Crippen molar-refractivity contribution in [2.75, 3.05) is 7.11 Å². The van der Waals surface area contributed by atoms with Gasteiger partial charge in [0.15, 0.2) is 0 Å². The van der Waals surface area contributed by atoms with Crippen LogP contribution in [0.4, 0.5) is 0 Å². The van der Waals surface area contributed by atoms with Gasteiger partial charge in [0.1, 0.15) is 0 Å². The summed E-state index contributed by atoms with van der Waals surface area (Å²) >= 11 is 6.70. The quantitative estimate of drug-likeness (QED) is 0.715. The van der Waals surface area contributed by atoms with Gasteiger partial charge in [-0.05, 0) is 61.7 Å². The maximum Gasteiger partial charge on any atom is 0.309 e. The molecule has 4 nitrogen and oxygen atoms in total. The van der Waals surface area contributed by atoms with Crippen molar-refractivity contribution in [2.45, 2.75) is 58.8 Å². The number of hydrogen-bond donors (Lipinski definition) is 1. The Bertz CT molecular complexity index is 659. The third-order valence-electron chi connectivity index (χ3n) is 8.13. The molecule has 1 heterocycles. The van der Waals surface area contributed by atoms with Gasteiger partial charge < -0.3 is 10.1 Å². The Morgan fingerprint density at radius 3 is 2.68 bits per heavy atom. The Kier molecular flexibility index (Phi) is 3.99. The molecular formula is C20H28ClNO3. The van der Waals surface area contributed by atoms with Crippen LogP contribution in [0.15, 0.2) is 10.7 Å². The zero-order valence-electron chi connectivity index (χ0n) is 15.4. The predicted molar refractivity (Wildman–Crippen MR) is 95.5 cm³/mol. The number of methoxy groups -OCH3 is 1. The van der Waals surface area contributed by atoms with Gasteiger partial charge in [-0.25, -0.2) is 0 Å². The first-order chi connectivity index (χ1) is 11.8. The summed E-state index contributed by atoms with van der Waals surface area (Å²) in [5, 5.41) is 3.92. The number of esters is 1. The number of halogens is 1. The normalized spacial score (nSPS) is 46.0. The molecule has 2 saturated carbocycles. The molecule has 0 spiro atoms.